The minimum Gasteiger partial charge on any atom is -0.465 e. The first-order valence-corrected chi connectivity index (χ1v) is 9.94. The van der Waals surface area contributed by atoms with Crippen molar-refractivity contribution in [2.75, 3.05) is 32.6 Å². The lowest BCUT2D eigenvalue weighted by Gasteiger charge is -2.18. The van der Waals surface area contributed by atoms with Gasteiger partial charge in [0.2, 0.25) is 0 Å². The van der Waals surface area contributed by atoms with Crippen molar-refractivity contribution in [3.05, 3.63) is 45.9 Å². The molecule has 0 aromatic carbocycles. The number of halogens is 1. The van der Waals surface area contributed by atoms with Gasteiger partial charge in [-0.05, 0) is 32.1 Å². The molecule has 2 aromatic heterocycles. The normalized spacial score (nSPS) is 18.2. The highest BCUT2D eigenvalue weighted by atomic mass is 35.5. The van der Waals surface area contributed by atoms with Crippen LogP contribution in [0.5, 0.6) is 0 Å². The molecule has 1 saturated heterocycles. The van der Waals surface area contributed by atoms with Crippen molar-refractivity contribution in [1.29, 1.82) is 0 Å². The Balaban J connectivity index is 1.68. The number of anilines is 2. The van der Waals surface area contributed by atoms with Gasteiger partial charge in [0, 0.05) is 24.6 Å². The predicted octanol–water partition coefficient (Wildman–Crippen LogP) is 3.07. The molecule has 0 aliphatic carbocycles. The van der Waals surface area contributed by atoms with Crippen LogP contribution < -0.4 is 5.32 Å². The second-order valence-electron chi connectivity index (χ2n) is 7.65. The molecule has 0 bridgehead atoms. The van der Waals surface area contributed by atoms with E-state index in [1.54, 1.807) is 0 Å². The lowest BCUT2D eigenvalue weighted by Crippen LogP contribution is -2.29. The second kappa shape index (κ2) is 8.17. The van der Waals surface area contributed by atoms with Crippen LogP contribution in [0.4, 0.5) is 16.3 Å². The SMILES string of the molecule is CN(C)Cc1nc(Nc2cnc(Cl)c3c2C(=O)N(C(=O)O)C3)ccc1C1CCOC1. The lowest BCUT2D eigenvalue weighted by molar-refractivity contribution is 0.0764. The molecule has 2 aliphatic rings. The highest BCUT2D eigenvalue weighted by Crippen LogP contribution is 2.35. The Morgan fingerprint density at radius 3 is 2.90 bits per heavy atom. The molecule has 2 aromatic rings. The molecule has 0 spiro atoms. The van der Waals surface area contributed by atoms with Crippen LogP contribution in [0.1, 0.15) is 39.5 Å². The van der Waals surface area contributed by atoms with Gasteiger partial charge in [-0.1, -0.05) is 17.7 Å². The van der Waals surface area contributed by atoms with Gasteiger partial charge >= 0.3 is 6.09 Å². The zero-order valence-electron chi connectivity index (χ0n) is 16.7. The van der Waals surface area contributed by atoms with Crippen LogP contribution in [-0.4, -0.2) is 64.2 Å². The van der Waals surface area contributed by atoms with Gasteiger partial charge < -0.3 is 20.1 Å². The summed E-state index contributed by atoms with van der Waals surface area (Å²) >= 11 is 6.11. The molecule has 9 nitrogen and oxygen atoms in total. The highest BCUT2D eigenvalue weighted by molar-refractivity contribution is 6.31. The Hall–Kier alpha value is -2.75. The third-order valence-electron chi connectivity index (χ3n) is 5.24. The summed E-state index contributed by atoms with van der Waals surface area (Å²) in [4.78, 5) is 35.6. The van der Waals surface area contributed by atoms with E-state index in [1.807, 2.05) is 31.1 Å². The zero-order chi connectivity index (χ0) is 21.4. The third kappa shape index (κ3) is 3.83. The van der Waals surface area contributed by atoms with E-state index in [2.05, 4.69) is 10.3 Å². The van der Waals surface area contributed by atoms with E-state index >= 15 is 0 Å². The monoisotopic (exact) mass is 431 g/mol. The van der Waals surface area contributed by atoms with Crippen LogP contribution in [0.2, 0.25) is 5.15 Å². The van der Waals surface area contributed by atoms with E-state index in [1.165, 1.54) is 6.20 Å². The Morgan fingerprint density at radius 1 is 1.43 bits per heavy atom. The van der Waals surface area contributed by atoms with E-state index in [-0.39, 0.29) is 17.3 Å². The maximum absolute atomic E-state index is 12.6. The number of aromatic nitrogens is 2. The van der Waals surface area contributed by atoms with Gasteiger partial charge in [-0.25, -0.2) is 19.7 Å². The fraction of sp³-hybridized carbons (Fsp3) is 0.400. The third-order valence-corrected chi connectivity index (χ3v) is 5.57. The molecule has 0 saturated carbocycles. The molecule has 1 unspecified atom stereocenters. The number of carbonyl (C=O) groups is 2. The number of imide groups is 1. The first-order valence-electron chi connectivity index (χ1n) is 9.56. The average molecular weight is 432 g/mol. The van der Waals surface area contributed by atoms with Crippen LogP contribution >= 0.6 is 11.6 Å². The van der Waals surface area contributed by atoms with Gasteiger partial charge in [0.25, 0.3) is 5.91 Å². The largest absolute Gasteiger partial charge is 0.465 e. The maximum atomic E-state index is 12.6. The van der Waals surface area contributed by atoms with Crippen molar-refractivity contribution in [2.45, 2.75) is 25.4 Å². The quantitative estimate of drug-likeness (QED) is 0.695. The van der Waals surface area contributed by atoms with Crippen molar-refractivity contribution in [3.8, 4) is 0 Å². The Labute approximate surface area is 178 Å². The zero-order valence-corrected chi connectivity index (χ0v) is 17.4. The number of rotatable bonds is 5. The molecule has 0 radical (unpaired) electrons. The second-order valence-corrected chi connectivity index (χ2v) is 8.00. The predicted molar refractivity (Wildman–Crippen MR) is 110 cm³/mol. The van der Waals surface area contributed by atoms with Crippen LogP contribution in [0.25, 0.3) is 0 Å². The fourth-order valence-corrected chi connectivity index (χ4v) is 4.03. The summed E-state index contributed by atoms with van der Waals surface area (Å²) in [5.74, 6) is 0.230. The van der Waals surface area contributed by atoms with E-state index in [9.17, 15) is 14.7 Å². The van der Waals surface area contributed by atoms with Crippen LogP contribution in [0, 0.1) is 0 Å². The molecule has 2 N–H and O–H groups in total. The average Bonchev–Trinajstić information content (AvgIpc) is 3.33. The Kier molecular flexibility index (Phi) is 5.59. The van der Waals surface area contributed by atoms with Crippen molar-refractivity contribution in [2.24, 2.45) is 0 Å². The molecular formula is C20H22ClN5O4. The molecule has 2 amide bonds. The lowest BCUT2D eigenvalue weighted by atomic mass is 9.96. The van der Waals surface area contributed by atoms with Crippen molar-refractivity contribution in [3.63, 3.8) is 0 Å². The number of amides is 2. The highest BCUT2D eigenvalue weighted by Gasteiger charge is 2.36. The number of carbonyl (C=O) groups excluding carboxylic acids is 1. The molecule has 1 atom stereocenters. The standard InChI is InChI=1S/C20H22ClN5O4/c1-25(2)9-15-12(11-5-6-30-10-11)3-4-16(24-15)23-14-7-22-18(21)13-8-26(20(28)29)19(27)17(13)14/h3-4,7,11H,5-6,8-10H2,1-2H3,(H,23,24)(H,28,29). The summed E-state index contributed by atoms with van der Waals surface area (Å²) in [7, 11) is 3.96. The van der Waals surface area contributed by atoms with Gasteiger partial charge in [0.15, 0.2) is 0 Å². The van der Waals surface area contributed by atoms with Gasteiger partial charge in [-0.3, -0.25) is 4.79 Å². The molecule has 2 aliphatic heterocycles. The van der Waals surface area contributed by atoms with E-state index in [4.69, 9.17) is 21.3 Å². The number of ether oxygens (including phenoxy) is 1. The van der Waals surface area contributed by atoms with Gasteiger partial charge in [-0.15, -0.1) is 0 Å². The molecule has 1 fully saturated rings. The van der Waals surface area contributed by atoms with Crippen molar-refractivity contribution in [1.82, 2.24) is 19.8 Å². The first kappa shape index (κ1) is 20.5. The van der Waals surface area contributed by atoms with Crippen LogP contribution in [-0.2, 0) is 17.8 Å². The van der Waals surface area contributed by atoms with Gasteiger partial charge in [-0.2, -0.15) is 0 Å². The van der Waals surface area contributed by atoms with E-state index in [0.29, 0.717) is 36.1 Å². The summed E-state index contributed by atoms with van der Waals surface area (Å²) in [6, 6.07) is 3.88. The number of nitrogens with zero attached hydrogens (tertiary/aromatic N) is 4. The fourth-order valence-electron chi connectivity index (χ4n) is 3.83. The minimum atomic E-state index is -1.33. The van der Waals surface area contributed by atoms with E-state index < -0.39 is 12.0 Å². The number of nitrogens with one attached hydrogen (secondary N) is 1. The number of fused-ring (bicyclic) bond motifs is 1. The van der Waals surface area contributed by atoms with Gasteiger partial charge in [0.1, 0.15) is 11.0 Å². The number of carboxylic acid groups (broad SMARTS) is 1. The number of hydrogen-bond acceptors (Lipinski definition) is 7. The smallest absolute Gasteiger partial charge is 0.414 e. The molecule has 4 rings (SSSR count). The maximum Gasteiger partial charge on any atom is 0.414 e. The first-order chi connectivity index (χ1) is 14.3. The summed E-state index contributed by atoms with van der Waals surface area (Å²) in [6.45, 7) is 1.97. The number of hydrogen-bond donors (Lipinski definition) is 2. The van der Waals surface area contributed by atoms with E-state index in [0.717, 1.165) is 29.2 Å². The Morgan fingerprint density at radius 2 is 2.23 bits per heavy atom. The molecule has 30 heavy (non-hydrogen) atoms. The van der Waals surface area contributed by atoms with Crippen molar-refractivity contribution < 1.29 is 19.4 Å². The molecule has 158 valence electrons. The van der Waals surface area contributed by atoms with Crippen LogP contribution in [0.15, 0.2) is 18.3 Å². The molecule has 4 heterocycles. The molecular weight excluding hydrogens is 410 g/mol. The van der Waals surface area contributed by atoms with Crippen molar-refractivity contribution >= 4 is 35.1 Å². The minimum absolute atomic E-state index is 0.116. The van der Waals surface area contributed by atoms with Crippen LogP contribution in [0.3, 0.4) is 0 Å². The summed E-state index contributed by atoms with van der Waals surface area (Å²) in [6.07, 6.45) is 1.06. The van der Waals surface area contributed by atoms with Gasteiger partial charge in [0.05, 0.1) is 36.3 Å². The molecule has 10 heteroatoms. The topological polar surface area (TPSA) is 108 Å². The summed E-state index contributed by atoms with van der Waals surface area (Å²) < 4.78 is 5.53. The Bertz CT molecular complexity index is 1010. The summed E-state index contributed by atoms with van der Waals surface area (Å²) in [5, 5.41) is 12.5. The number of pyridine rings is 2. The summed E-state index contributed by atoms with van der Waals surface area (Å²) in [5.41, 5.74) is 3.06.